The number of benzene rings is 1. The summed E-state index contributed by atoms with van der Waals surface area (Å²) in [5.41, 5.74) is 1.73. The van der Waals surface area contributed by atoms with Crippen LogP contribution in [0.25, 0.3) is 11.3 Å². The number of aromatic nitrogens is 1. The van der Waals surface area contributed by atoms with Gasteiger partial charge in [0.05, 0.1) is 0 Å². The molecule has 1 N–H and O–H groups in total. The fraction of sp³-hybridized carbons (Fsp3) is 0.182. The summed E-state index contributed by atoms with van der Waals surface area (Å²) in [5, 5.41) is 13.4. The molecule has 0 aliphatic carbocycles. The standard InChI is InChI=1S/C11H10FNO2/c1-6-5-8(12)3-4-9(6)10-11(14)7(2)15-13-10/h3-5,14H,1-2H3. The van der Waals surface area contributed by atoms with Crippen LogP contribution in [0.5, 0.6) is 5.75 Å². The molecule has 0 unspecified atom stereocenters. The monoisotopic (exact) mass is 207 g/mol. The summed E-state index contributed by atoms with van der Waals surface area (Å²) < 4.78 is 17.7. The second-order valence-corrected chi connectivity index (χ2v) is 3.40. The van der Waals surface area contributed by atoms with Crippen LogP contribution in [0.15, 0.2) is 22.7 Å². The normalized spacial score (nSPS) is 10.6. The zero-order chi connectivity index (χ0) is 11.0. The molecule has 1 aromatic heterocycles. The zero-order valence-corrected chi connectivity index (χ0v) is 8.41. The van der Waals surface area contributed by atoms with Gasteiger partial charge in [0, 0.05) is 12.5 Å². The Kier molecular flexibility index (Phi) is 2.19. The van der Waals surface area contributed by atoms with E-state index in [1.165, 1.54) is 12.1 Å². The van der Waals surface area contributed by atoms with Crippen molar-refractivity contribution in [2.45, 2.75) is 13.8 Å². The zero-order valence-electron chi connectivity index (χ0n) is 8.41. The van der Waals surface area contributed by atoms with E-state index in [0.29, 0.717) is 22.6 Å². The van der Waals surface area contributed by atoms with Gasteiger partial charge in [0.15, 0.2) is 17.2 Å². The van der Waals surface area contributed by atoms with Crippen LogP contribution in [-0.4, -0.2) is 10.3 Å². The lowest BCUT2D eigenvalue weighted by atomic mass is 10.1. The smallest absolute Gasteiger partial charge is 0.186 e. The van der Waals surface area contributed by atoms with Crippen molar-refractivity contribution in [3.63, 3.8) is 0 Å². The van der Waals surface area contributed by atoms with E-state index in [-0.39, 0.29) is 11.6 Å². The van der Waals surface area contributed by atoms with Crippen molar-refractivity contribution in [1.29, 1.82) is 0 Å². The third kappa shape index (κ3) is 1.58. The molecular weight excluding hydrogens is 197 g/mol. The highest BCUT2D eigenvalue weighted by Crippen LogP contribution is 2.32. The van der Waals surface area contributed by atoms with Crippen molar-refractivity contribution in [1.82, 2.24) is 5.16 Å². The molecule has 15 heavy (non-hydrogen) atoms. The quantitative estimate of drug-likeness (QED) is 0.782. The van der Waals surface area contributed by atoms with Gasteiger partial charge in [-0.15, -0.1) is 0 Å². The van der Waals surface area contributed by atoms with Crippen molar-refractivity contribution in [3.05, 3.63) is 35.3 Å². The number of nitrogens with zero attached hydrogens (tertiary/aromatic N) is 1. The van der Waals surface area contributed by atoms with Gasteiger partial charge in [0.2, 0.25) is 0 Å². The summed E-state index contributed by atoms with van der Waals surface area (Å²) in [4.78, 5) is 0. The minimum atomic E-state index is -0.309. The molecule has 0 amide bonds. The molecule has 2 rings (SSSR count). The lowest BCUT2D eigenvalue weighted by molar-refractivity contribution is 0.384. The van der Waals surface area contributed by atoms with Crippen molar-refractivity contribution < 1.29 is 14.0 Å². The Bertz CT molecular complexity index is 505. The van der Waals surface area contributed by atoms with Crippen molar-refractivity contribution in [2.24, 2.45) is 0 Å². The number of aromatic hydroxyl groups is 1. The van der Waals surface area contributed by atoms with E-state index in [1.54, 1.807) is 19.9 Å². The molecule has 0 saturated carbocycles. The number of hydrogen-bond donors (Lipinski definition) is 1. The molecule has 1 heterocycles. The van der Waals surface area contributed by atoms with Crippen molar-refractivity contribution >= 4 is 0 Å². The molecule has 0 aliphatic rings. The van der Waals surface area contributed by atoms with Gasteiger partial charge in [-0.2, -0.15) is 0 Å². The molecule has 4 heteroatoms. The Labute approximate surface area is 86.1 Å². The first kappa shape index (κ1) is 9.71. The number of hydrogen-bond acceptors (Lipinski definition) is 3. The van der Waals surface area contributed by atoms with Gasteiger partial charge in [-0.1, -0.05) is 5.16 Å². The Balaban J connectivity index is 2.59. The average molecular weight is 207 g/mol. The van der Waals surface area contributed by atoms with E-state index < -0.39 is 0 Å². The summed E-state index contributed by atoms with van der Waals surface area (Å²) in [6, 6.07) is 4.28. The minimum Gasteiger partial charge on any atom is -0.503 e. The second-order valence-electron chi connectivity index (χ2n) is 3.40. The maximum Gasteiger partial charge on any atom is 0.186 e. The predicted molar refractivity (Wildman–Crippen MR) is 53.0 cm³/mol. The Morgan fingerprint density at radius 3 is 2.60 bits per heavy atom. The first-order valence-corrected chi connectivity index (χ1v) is 4.51. The van der Waals surface area contributed by atoms with Crippen molar-refractivity contribution in [2.75, 3.05) is 0 Å². The van der Waals surface area contributed by atoms with Gasteiger partial charge in [0.25, 0.3) is 0 Å². The van der Waals surface area contributed by atoms with E-state index in [2.05, 4.69) is 5.16 Å². The van der Waals surface area contributed by atoms with Gasteiger partial charge in [-0.25, -0.2) is 4.39 Å². The number of rotatable bonds is 1. The Morgan fingerprint density at radius 1 is 1.33 bits per heavy atom. The molecule has 0 spiro atoms. The fourth-order valence-electron chi connectivity index (χ4n) is 1.44. The first-order chi connectivity index (χ1) is 7.09. The molecule has 2 aromatic rings. The number of halogens is 1. The van der Waals surface area contributed by atoms with E-state index in [1.807, 2.05) is 0 Å². The van der Waals surface area contributed by atoms with Crippen LogP contribution in [0.3, 0.4) is 0 Å². The fourth-order valence-corrected chi connectivity index (χ4v) is 1.44. The molecule has 3 nitrogen and oxygen atoms in total. The second kappa shape index (κ2) is 3.38. The Morgan fingerprint density at radius 2 is 2.07 bits per heavy atom. The van der Waals surface area contributed by atoms with Crippen LogP contribution in [0, 0.1) is 19.7 Å². The van der Waals surface area contributed by atoms with Gasteiger partial charge < -0.3 is 9.63 Å². The van der Waals surface area contributed by atoms with E-state index in [4.69, 9.17) is 4.52 Å². The molecule has 0 aliphatic heterocycles. The summed E-state index contributed by atoms with van der Waals surface area (Å²) in [6.45, 7) is 3.37. The van der Waals surface area contributed by atoms with Gasteiger partial charge in [-0.05, 0) is 30.7 Å². The van der Waals surface area contributed by atoms with Gasteiger partial charge >= 0.3 is 0 Å². The van der Waals surface area contributed by atoms with Crippen LogP contribution in [0.4, 0.5) is 4.39 Å². The summed E-state index contributed by atoms with van der Waals surface area (Å²) in [6.07, 6.45) is 0. The SMILES string of the molecule is Cc1cc(F)ccc1-c1noc(C)c1O. The highest BCUT2D eigenvalue weighted by Gasteiger charge is 2.15. The largest absolute Gasteiger partial charge is 0.503 e. The molecule has 0 bridgehead atoms. The van der Waals surface area contributed by atoms with Crippen LogP contribution >= 0.6 is 0 Å². The van der Waals surface area contributed by atoms with E-state index in [0.717, 1.165) is 0 Å². The summed E-state index contributed by atoms with van der Waals surface area (Å²) in [5.74, 6) is 0.0504. The minimum absolute atomic E-state index is 0.00436. The van der Waals surface area contributed by atoms with Crippen LogP contribution in [0.1, 0.15) is 11.3 Å². The first-order valence-electron chi connectivity index (χ1n) is 4.51. The molecule has 0 atom stereocenters. The van der Waals surface area contributed by atoms with Gasteiger partial charge in [-0.3, -0.25) is 0 Å². The van der Waals surface area contributed by atoms with E-state index >= 15 is 0 Å². The molecule has 78 valence electrons. The van der Waals surface area contributed by atoms with Crippen LogP contribution in [0.2, 0.25) is 0 Å². The molecular formula is C11H10FNO2. The van der Waals surface area contributed by atoms with Crippen molar-refractivity contribution in [3.8, 4) is 17.0 Å². The lowest BCUT2D eigenvalue weighted by Crippen LogP contribution is -1.85. The summed E-state index contributed by atoms with van der Waals surface area (Å²) >= 11 is 0. The Hall–Kier alpha value is -1.84. The van der Waals surface area contributed by atoms with Crippen LogP contribution in [-0.2, 0) is 0 Å². The topological polar surface area (TPSA) is 46.3 Å². The highest BCUT2D eigenvalue weighted by molar-refractivity contribution is 5.69. The molecule has 0 fully saturated rings. The molecule has 0 saturated heterocycles. The predicted octanol–water partition coefficient (Wildman–Crippen LogP) is 2.80. The van der Waals surface area contributed by atoms with E-state index in [9.17, 15) is 9.50 Å². The third-order valence-corrected chi connectivity index (χ3v) is 2.28. The number of aryl methyl sites for hydroxylation is 2. The third-order valence-electron chi connectivity index (χ3n) is 2.28. The lowest BCUT2D eigenvalue weighted by Gasteiger charge is -2.01. The average Bonchev–Trinajstić information content (AvgIpc) is 2.49. The molecule has 0 radical (unpaired) electrons. The molecule has 1 aromatic carbocycles. The highest BCUT2D eigenvalue weighted by atomic mass is 19.1. The van der Waals surface area contributed by atoms with Crippen LogP contribution < -0.4 is 0 Å². The van der Waals surface area contributed by atoms with Gasteiger partial charge in [0.1, 0.15) is 5.82 Å². The maximum atomic E-state index is 12.9. The maximum absolute atomic E-state index is 12.9. The summed E-state index contributed by atoms with van der Waals surface area (Å²) in [7, 11) is 0.